The molecule has 1 N–H and O–H groups in total. The molecule has 0 saturated heterocycles. The number of fused-ring (bicyclic) bond motifs is 1. The van der Waals surface area contributed by atoms with Gasteiger partial charge in [0.25, 0.3) is 0 Å². The van der Waals surface area contributed by atoms with Crippen molar-refractivity contribution in [2.75, 3.05) is 11.6 Å². The van der Waals surface area contributed by atoms with E-state index in [4.69, 9.17) is 0 Å². The molecule has 0 unspecified atom stereocenters. The Labute approximate surface area is 87.0 Å². The number of imidazole rings is 1. The molecule has 15 heavy (non-hydrogen) atoms. The lowest BCUT2D eigenvalue weighted by molar-refractivity contribution is 0.931. The van der Waals surface area contributed by atoms with E-state index < -0.39 is 0 Å². The first-order chi connectivity index (χ1) is 7.43. The van der Waals surface area contributed by atoms with Gasteiger partial charge in [-0.25, -0.2) is 4.98 Å². The van der Waals surface area contributed by atoms with Crippen molar-refractivity contribution in [1.82, 2.24) is 9.97 Å². The van der Waals surface area contributed by atoms with Gasteiger partial charge in [-0.15, -0.1) is 0 Å². The normalized spacial score (nSPS) is 15.1. The van der Waals surface area contributed by atoms with Crippen LogP contribution in [0.5, 0.6) is 0 Å². The lowest BCUT2D eigenvalue weighted by Gasteiger charge is -2.15. The highest BCUT2D eigenvalue weighted by Gasteiger charge is 2.08. The van der Waals surface area contributed by atoms with Crippen LogP contribution < -0.4 is 4.90 Å². The molecule has 0 fully saturated rings. The SMILES string of the molecule is C1=CN(c2nc3ccccc3[nH]2)CN=C1. The second kappa shape index (κ2) is 3.24. The Bertz CT molecular complexity index is 505. The average molecular weight is 198 g/mol. The fraction of sp³-hybridized carbons (Fsp3) is 0.0909. The Morgan fingerprint density at radius 3 is 3.00 bits per heavy atom. The zero-order valence-electron chi connectivity index (χ0n) is 8.09. The van der Waals surface area contributed by atoms with Crippen molar-refractivity contribution in [3.63, 3.8) is 0 Å². The van der Waals surface area contributed by atoms with Crippen LogP contribution in [0.4, 0.5) is 5.95 Å². The number of rotatable bonds is 1. The highest BCUT2D eigenvalue weighted by molar-refractivity contribution is 5.78. The highest BCUT2D eigenvalue weighted by atomic mass is 15.3. The average Bonchev–Trinajstić information content (AvgIpc) is 2.74. The molecule has 3 rings (SSSR count). The van der Waals surface area contributed by atoms with Gasteiger partial charge in [0.2, 0.25) is 5.95 Å². The largest absolute Gasteiger partial charge is 0.324 e. The Kier molecular flexibility index (Phi) is 1.78. The fourth-order valence-corrected chi connectivity index (χ4v) is 1.60. The van der Waals surface area contributed by atoms with E-state index >= 15 is 0 Å². The molecule has 0 atom stereocenters. The van der Waals surface area contributed by atoms with E-state index in [1.54, 1.807) is 6.21 Å². The first kappa shape index (κ1) is 8.23. The van der Waals surface area contributed by atoms with Crippen LogP contribution in [0.1, 0.15) is 0 Å². The minimum Gasteiger partial charge on any atom is -0.324 e. The summed E-state index contributed by atoms with van der Waals surface area (Å²) in [6.07, 6.45) is 5.65. The minimum absolute atomic E-state index is 0.621. The van der Waals surface area contributed by atoms with E-state index in [1.807, 2.05) is 41.4 Å². The molecule has 1 aliphatic rings. The van der Waals surface area contributed by atoms with E-state index in [1.165, 1.54) is 0 Å². The third-order valence-electron chi connectivity index (χ3n) is 2.34. The van der Waals surface area contributed by atoms with Gasteiger partial charge in [-0.3, -0.25) is 9.89 Å². The fourth-order valence-electron chi connectivity index (χ4n) is 1.60. The summed E-state index contributed by atoms with van der Waals surface area (Å²) in [6.45, 7) is 0.621. The third-order valence-corrected chi connectivity index (χ3v) is 2.34. The van der Waals surface area contributed by atoms with Crippen molar-refractivity contribution in [1.29, 1.82) is 0 Å². The third kappa shape index (κ3) is 1.40. The highest BCUT2D eigenvalue weighted by Crippen LogP contribution is 2.17. The van der Waals surface area contributed by atoms with Crippen molar-refractivity contribution in [2.24, 2.45) is 4.99 Å². The molecule has 2 aromatic rings. The van der Waals surface area contributed by atoms with Gasteiger partial charge in [-0.2, -0.15) is 0 Å². The molecular weight excluding hydrogens is 188 g/mol. The predicted octanol–water partition coefficient (Wildman–Crippen LogP) is 1.92. The second-order valence-electron chi connectivity index (χ2n) is 3.36. The number of nitrogens with one attached hydrogen (secondary N) is 1. The molecule has 0 bridgehead atoms. The van der Waals surface area contributed by atoms with Gasteiger partial charge in [-0.1, -0.05) is 12.1 Å². The standard InChI is InChI=1S/C11H10N4/c1-2-5-10-9(4-1)13-11(14-10)15-7-3-6-12-8-15/h1-7H,8H2,(H,13,14). The molecular formula is C11H10N4. The molecule has 0 aliphatic carbocycles. The van der Waals surface area contributed by atoms with Crippen molar-refractivity contribution >= 4 is 23.2 Å². The molecule has 0 saturated carbocycles. The number of aromatic amines is 1. The van der Waals surface area contributed by atoms with Gasteiger partial charge >= 0.3 is 0 Å². The maximum atomic E-state index is 4.48. The van der Waals surface area contributed by atoms with Gasteiger partial charge in [0, 0.05) is 12.4 Å². The smallest absolute Gasteiger partial charge is 0.209 e. The summed E-state index contributed by atoms with van der Waals surface area (Å²) in [6, 6.07) is 7.99. The van der Waals surface area contributed by atoms with Crippen LogP contribution in [0.2, 0.25) is 0 Å². The molecule has 0 spiro atoms. The summed E-state index contributed by atoms with van der Waals surface area (Å²) >= 11 is 0. The van der Waals surface area contributed by atoms with E-state index in [0.717, 1.165) is 17.0 Å². The minimum atomic E-state index is 0.621. The van der Waals surface area contributed by atoms with Crippen LogP contribution >= 0.6 is 0 Å². The van der Waals surface area contributed by atoms with Crippen LogP contribution in [0.3, 0.4) is 0 Å². The number of nitrogens with zero attached hydrogens (tertiary/aromatic N) is 3. The number of anilines is 1. The number of hydrogen-bond acceptors (Lipinski definition) is 3. The Hall–Kier alpha value is -2.10. The van der Waals surface area contributed by atoms with E-state index in [2.05, 4.69) is 15.0 Å². The van der Waals surface area contributed by atoms with Crippen LogP contribution in [-0.2, 0) is 0 Å². The van der Waals surface area contributed by atoms with Crippen molar-refractivity contribution in [2.45, 2.75) is 0 Å². The van der Waals surface area contributed by atoms with E-state index in [-0.39, 0.29) is 0 Å². The molecule has 1 aliphatic heterocycles. The van der Waals surface area contributed by atoms with Crippen LogP contribution in [-0.4, -0.2) is 22.9 Å². The number of benzene rings is 1. The molecule has 2 heterocycles. The topological polar surface area (TPSA) is 44.3 Å². The quantitative estimate of drug-likeness (QED) is 0.760. The van der Waals surface area contributed by atoms with Gasteiger partial charge in [0.05, 0.1) is 11.0 Å². The van der Waals surface area contributed by atoms with Crippen LogP contribution in [0, 0.1) is 0 Å². The summed E-state index contributed by atoms with van der Waals surface area (Å²) in [4.78, 5) is 13.9. The maximum Gasteiger partial charge on any atom is 0.209 e. The van der Waals surface area contributed by atoms with Gasteiger partial charge in [-0.05, 0) is 18.2 Å². The Morgan fingerprint density at radius 1 is 1.27 bits per heavy atom. The van der Waals surface area contributed by atoms with E-state index in [9.17, 15) is 0 Å². The number of aromatic nitrogens is 2. The van der Waals surface area contributed by atoms with Gasteiger partial charge in [0.1, 0.15) is 6.67 Å². The number of aliphatic imine (C=N–C) groups is 1. The molecule has 4 heteroatoms. The molecule has 0 amide bonds. The number of H-pyrrole nitrogens is 1. The lowest BCUT2D eigenvalue weighted by Crippen LogP contribution is -2.19. The Morgan fingerprint density at radius 2 is 2.20 bits per heavy atom. The lowest BCUT2D eigenvalue weighted by atomic mass is 10.3. The van der Waals surface area contributed by atoms with Crippen molar-refractivity contribution < 1.29 is 0 Å². The van der Waals surface area contributed by atoms with Crippen molar-refractivity contribution in [3.05, 3.63) is 36.5 Å². The molecule has 1 aromatic heterocycles. The second-order valence-corrected chi connectivity index (χ2v) is 3.36. The predicted molar refractivity (Wildman–Crippen MR) is 61.1 cm³/mol. The summed E-state index contributed by atoms with van der Waals surface area (Å²) < 4.78 is 0. The molecule has 1 aromatic carbocycles. The van der Waals surface area contributed by atoms with Crippen LogP contribution in [0.25, 0.3) is 11.0 Å². The zero-order valence-corrected chi connectivity index (χ0v) is 8.09. The first-order valence-corrected chi connectivity index (χ1v) is 4.81. The summed E-state index contributed by atoms with van der Waals surface area (Å²) in [5, 5.41) is 0. The number of allylic oxidation sites excluding steroid dienone is 1. The van der Waals surface area contributed by atoms with Gasteiger partial charge < -0.3 is 4.98 Å². The van der Waals surface area contributed by atoms with Crippen molar-refractivity contribution in [3.8, 4) is 0 Å². The molecule has 74 valence electrons. The molecule has 0 radical (unpaired) electrons. The monoisotopic (exact) mass is 198 g/mol. The van der Waals surface area contributed by atoms with E-state index in [0.29, 0.717) is 6.67 Å². The van der Waals surface area contributed by atoms with Gasteiger partial charge in [0.15, 0.2) is 0 Å². The summed E-state index contributed by atoms with van der Waals surface area (Å²) in [5.41, 5.74) is 2.03. The van der Waals surface area contributed by atoms with Crippen LogP contribution in [0.15, 0.2) is 41.5 Å². The summed E-state index contributed by atoms with van der Waals surface area (Å²) in [7, 11) is 0. The first-order valence-electron chi connectivity index (χ1n) is 4.81. The Balaban J connectivity index is 2.04. The zero-order chi connectivity index (χ0) is 10.1. The molecule has 4 nitrogen and oxygen atoms in total. The number of para-hydroxylation sites is 2. The number of hydrogen-bond donors (Lipinski definition) is 1. The summed E-state index contributed by atoms with van der Waals surface area (Å²) in [5.74, 6) is 0.837. The maximum absolute atomic E-state index is 4.48.